The average Bonchev–Trinajstić information content (AvgIpc) is 2.61. The number of ketones is 1. The molecule has 1 heterocycles. The predicted octanol–water partition coefficient (Wildman–Crippen LogP) is 1.02. The minimum absolute atomic E-state index is 0.0265. The Kier molecular flexibility index (Phi) is 4.71. The second-order valence-corrected chi connectivity index (χ2v) is 6.79. The van der Waals surface area contributed by atoms with E-state index >= 15 is 0 Å². The van der Waals surface area contributed by atoms with Gasteiger partial charge in [-0.25, -0.2) is 4.18 Å². The fraction of sp³-hybridized carbons (Fsp3) is 0.188. The highest BCUT2D eigenvalue weighted by Crippen LogP contribution is 2.48. The summed E-state index contributed by atoms with van der Waals surface area (Å²) in [6.07, 6.45) is -3.48. The summed E-state index contributed by atoms with van der Waals surface area (Å²) >= 11 is 0. The molecule has 0 aliphatic carbocycles. The SMILES string of the molecule is COc1cc(C2Oc3cc(O)c(O)c(O)c3C(=O)C2OS(=O)(=O)O)ccc1O. The van der Waals surface area contributed by atoms with Crippen LogP contribution in [0, 0.1) is 0 Å². The van der Waals surface area contributed by atoms with E-state index in [1.165, 1.54) is 25.3 Å². The van der Waals surface area contributed by atoms with Crippen molar-refractivity contribution in [3.05, 3.63) is 35.4 Å². The number of fused-ring (bicyclic) bond motifs is 1. The molecule has 0 radical (unpaired) electrons. The number of methoxy groups -OCH3 is 1. The number of phenolic OH excluding ortho intramolecular Hbond substituents is 4. The zero-order valence-electron chi connectivity index (χ0n) is 14.1. The molecule has 12 heteroatoms. The molecule has 0 spiro atoms. The number of hydrogen-bond donors (Lipinski definition) is 5. The molecular weight excluding hydrogens is 400 g/mol. The van der Waals surface area contributed by atoms with Gasteiger partial charge in [-0.3, -0.25) is 9.35 Å². The topological polar surface area (TPSA) is 180 Å². The van der Waals surface area contributed by atoms with Crippen LogP contribution < -0.4 is 9.47 Å². The Morgan fingerprint density at radius 1 is 1.04 bits per heavy atom. The van der Waals surface area contributed by atoms with E-state index in [0.717, 1.165) is 6.07 Å². The summed E-state index contributed by atoms with van der Waals surface area (Å²) in [5.41, 5.74) is -0.541. The van der Waals surface area contributed by atoms with E-state index < -0.39 is 51.2 Å². The molecule has 0 saturated carbocycles. The van der Waals surface area contributed by atoms with Crippen molar-refractivity contribution in [1.29, 1.82) is 0 Å². The molecule has 0 saturated heterocycles. The van der Waals surface area contributed by atoms with Crippen LogP contribution in [0.3, 0.4) is 0 Å². The lowest BCUT2D eigenvalue weighted by Crippen LogP contribution is -2.39. The Morgan fingerprint density at radius 3 is 2.32 bits per heavy atom. The number of rotatable bonds is 4. The fourth-order valence-electron chi connectivity index (χ4n) is 2.77. The van der Waals surface area contributed by atoms with Crippen LogP contribution in [0.1, 0.15) is 22.0 Å². The van der Waals surface area contributed by atoms with E-state index in [1.54, 1.807) is 0 Å². The molecular formula is C16H14O11S. The van der Waals surface area contributed by atoms with Gasteiger partial charge < -0.3 is 29.9 Å². The minimum Gasteiger partial charge on any atom is -0.504 e. The smallest absolute Gasteiger partial charge is 0.398 e. The van der Waals surface area contributed by atoms with E-state index in [0.29, 0.717) is 0 Å². The number of carbonyl (C=O) groups excluding carboxylic acids is 1. The largest absolute Gasteiger partial charge is 0.504 e. The zero-order valence-corrected chi connectivity index (χ0v) is 14.9. The van der Waals surface area contributed by atoms with Crippen molar-refractivity contribution in [3.63, 3.8) is 0 Å². The number of aromatic hydroxyl groups is 4. The van der Waals surface area contributed by atoms with Gasteiger partial charge in [0.1, 0.15) is 11.3 Å². The van der Waals surface area contributed by atoms with Gasteiger partial charge in [0.15, 0.2) is 35.2 Å². The maximum Gasteiger partial charge on any atom is 0.398 e. The highest BCUT2D eigenvalue weighted by molar-refractivity contribution is 7.80. The fourth-order valence-corrected chi connectivity index (χ4v) is 3.22. The first-order chi connectivity index (χ1) is 13.0. The van der Waals surface area contributed by atoms with Crippen LogP contribution in [0.2, 0.25) is 0 Å². The highest BCUT2D eigenvalue weighted by atomic mass is 32.3. The third kappa shape index (κ3) is 3.35. The maximum absolute atomic E-state index is 12.8. The third-order valence-corrected chi connectivity index (χ3v) is 4.46. The average molecular weight is 414 g/mol. The van der Waals surface area contributed by atoms with Gasteiger partial charge in [0, 0.05) is 6.07 Å². The monoisotopic (exact) mass is 414 g/mol. The van der Waals surface area contributed by atoms with Crippen molar-refractivity contribution in [1.82, 2.24) is 0 Å². The van der Waals surface area contributed by atoms with Crippen LogP contribution >= 0.6 is 0 Å². The van der Waals surface area contributed by atoms with Crippen molar-refractivity contribution < 1.29 is 51.8 Å². The van der Waals surface area contributed by atoms with E-state index in [4.69, 9.17) is 14.0 Å². The summed E-state index contributed by atoms with van der Waals surface area (Å²) in [6.45, 7) is 0. The second-order valence-electron chi connectivity index (χ2n) is 5.74. The van der Waals surface area contributed by atoms with Gasteiger partial charge >= 0.3 is 10.4 Å². The number of ether oxygens (including phenoxy) is 2. The van der Waals surface area contributed by atoms with Gasteiger partial charge in [-0.15, -0.1) is 0 Å². The molecule has 2 aromatic carbocycles. The molecule has 0 amide bonds. The molecule has 0 bridgehead atoms. The second kappa shape index (κ2) is 6.74. The van der Waals surface area contributed by atoms with Crippen LogP contribution in [0.25, 0.3) is 0 Å². The van der Waals surface area contributed by atoms with Gasteiger partial charge in [-0.2, -0.15) is 8.42 Å². The molecule has 2 unspecified atom stereocenters. The number of Topliss-reactive ketones (excluding diaryl/α,β-unsaturated/α-hetero) is 1. The Morgan fingerprint density at radius 2 is 1.71 bits per heavy atom. The van der Waals surface area contributed by atoms with Crippen LogP contribution in [0.5, 0.6) is 34.5 Å². The first kappa shape index (κ1) is 19.5. The van der Waals surface area contributed by atoms with Crippen molar-refractivity contribution >= 4 is 16.2 Å². The van der Waals surface area contributed by atoms with Crippen molar-refractivity contribution in [2.45, 2.75) is 12.2 Å². The quantitative estimate of drug-likeness (QED) is 0.356. The zero-order chi connectivity index (χ0) is 20.8. The lowest BCUT2D eigenvalue weighted by atomic mass is 9.92. The summed E-state index contributed by atoms with van der Waals surface area (Å²) in [7, 11) is -3.87. The standard InChI is InChI=1S/C16H14O11S/c1-25-9-4-6(2-3-7(9)17)15-16(27-28(22,23)24)14(21)11-10(26-15)5-8(18)12(19)13(11)20/h2-5,15-20H,1H3,(H,22,23,24). The van der Waals surface area contributed by atoms with Gasteiger partial charge in [-0.1, -0.05) is 6.07 Å². The maximum atomic E-state index is 12.8. The van der Waals surface area contributed by atoms with Crippen LogP contribution in [0.4, 0.5) is 0 Å². The first-order valence-electron chi connectivity index (χ1n) is 7.55. The minimum atomic E-state index is -5.13. The molecule has 1 aliphatic heterocycles. The Balaban J connectivity index is 2.19. The van der Waals surface area contributed by atoms with Gasteiger partial charge in [0.2, 0.25) is 11.5 Å². The molecule has 0 fully saturated rings. The number of carbonyl (C=O) groups is 1. The Labute approximate surface area is 157 Å². The van der Waals surface area contributed by atoms with Gasteiger partial charge in [0.25, 0.3) is 0 Å². The van der Waals surface area contributed by atoms with Gasteiger partial charge in [0.05, 0.1) is 7.11 Å². The summed E-state index contributed by atoms with van der Waals surface area (Å²) in [5.74, 6) is -4.66. The normalized spacial score (nSPS) is 19.0. The lowest BCUT2D eigenvalue weighted by Gasteiger charge is -2.32. The highest BCUT2D eigenvalue weighted by Gasteiger charge is 2.44. The first-order valence-corrected chi connectivity index (χ1v) is 8.91. The molecule has 11 nitrogen and oxygen atoms in total. The molecule has 2 aromatic rings. The number of benzene rings is 2. The van der Waals surface area contributed by atoms with Crippen molar-refractivity contribution in [3.8, 4) is 34.5 Å². The van der Waals surface area contributed by atoms with Gasteiger partial charge in [-0.05, 0) is 17.7 Å². The summed E-state index contributed by atoms with van der Waals surface area (Å²) in [4.78, 5) is 12.8. The summed E-state index contributed by atoms with van der Waals surface area (Å²) < 4.78 is 46.4. The van der Waals surface area contributed by atoms with E-state index in [2.05, 4.69) is 4.18 Å². The van der Waals surface area contributed by atoms with Crippen LogP contribution in [-0.4, -0.2) is 52.4 Å². The third-order valence-electron chi connectivity index (χ3n) is 4.01. The number of hydrogen-bond acceptors (Lipinski definition) is 10. The molecule has 0 aromatic heterocycles. The number of phenols is 4. The summed E-state index contributed by atoms with van der Waals surface area (Å²) in [6, 6.07) is 4.55. The Bertz CT molecular complexity index is 1060. The molecule has 1 aliphatic rings. The molecule has 3 rings (SSSR count). The molecule has 2 atom stereocenters. The lowest BCUT2D eigenvalue weighted by molar-refractivity contribution is 0.0291. The van der Waals surface area contributed by atoms with Crippen molar-refractivity contribution in [2.24, 2.45) is 0 Å². The molecule has 5 N–H and O–H groups in total. The summed E-state index contributed by atoms with van der Waals surface area (Å²) in [5, 5.41) is 38.9. The molecule has 150 valence electrons. The van der Waals surface area contributed by atoms with Crippen molar-refractivity contribution in [2.75, 3.05) is 7.11 Å². The predicted molar refractivity (Wildman–Crippen MR) is 90.2 cm³/mol. The van der Waals surface area contributed by atoms with E-state index in [9.17, 15) is 33.6 Å². The van der Waals surface area contributed by atoms with E-state index in [-0.39, 0.29) is 22.8 Å². The van der Waals surface area contributed by atoms with Crippen LogP contribution in [0.15, 0.2) is 24.3 Å². The van der Waals surface area contributed by atoms with E-state index in [1.807, 2.05) is 0 Å². The molecule has 28 heavy (non-hydrogen) atoms. The Hall–Kier alpha value is -3.22. The van der Waals surface area contributed by atoms with Crippen LogP contribution in [-0.2, 0) is 14.6 Å².